The molecule has 0 saturated heterocycles. The number of ether oxygens (including phenoxy) is 3. The van der Waals surface area contributed by atoms with Gasteiger partial charge in [-0.1, -0.05) is 6.07 Å². The number of carbonyl (C=O) groups excluding carboxylic acids is 2. The van der Waals surface area contributed by atoms with E-state index in [4.69, 9.17) is 14.2 Å². The minimum atomic E-state index is -1.77. The van der Waals surface area contributed by atoms with Crippen LogP contribution in [0, 0.1) is 0 Å². The molecule has 0 fully saturated rings. The van der Waals surface area contributed by atoms with Crippen molar-refractivity contribution in [3.8, 4) is 17.2 Å². The summed E-state index contributed by atoms with van der Waals surface area (Å²) in [6.07, 6.45) is 0.417. The van der Waals surface area contributed by atoms with Gasteiger partial charge in [-0.2, -0.15) is 0 Å². The molecule has 0 spiro atoms. The van der Waals surface area contributed by atoms with Gasteiger partial charge in [0.15, 0.2) is 17.6 Å². The van der Waals surface area contributed by atoms with Crippen molar-refractivity contribution in [1.29, 1.82) is 0 Å². The third-order valence-electron chi connectivity index (χ3n) is 4.16. The first-order valence-corrected chi connectivity index (χ1v) is 8.80. The summed E-state index contributed by atoms with van der Waals surface area (Å²) in [7, 11) is -1.77. The first kappa shape index (κ1) is 19.7. The molecule has 1 aliphatic heterocycles. The molecule has 1 amide bonds. The zero-order valence-electron chi connectivity index (χ0n) is 15.3. The first-order chi connectivity index (χ1) is 13.5. The van der Waals surface area contributed by atoms with Gasteiger partial charge in [-0.15, -0.1) is 0 Å². The maximum absolute atomic E-state index is 12.4. The third-order valence-corrected chi connectivity index (χ3v) is 4.16. The molecule has 3 N–H and O–H groups in total. The van der Waals surface area contributed by atoms with Crippen LogP contribution >= 0.6 is 0 Å². The zero-order chi connectivity index (χ0) is 20.1. The summed E-state index contributed by atoms with van der Waals surface area (Å²) < 4.78 is 16.7. The van der Waals surface area contributed by atoms with E-state index in [1.165, 1.54) is 18.2 Å². The summed E-state index contributed by atoms with van der Waals surface area (Å²) in [4.78, 5) is 23.5. The van der Waals surface area contributed by atoms with Gasteiger partial charge in [0.1, 0.15) is 12.0 Å². The highest BCUT2D eigenvalue weighted by atomic mass is 16.5. The molecule has 8 nitrogen and oxygen atoms in total. The molecule has 1 aliphatic rings. The quantitative estimate of drug-likeness (QED) is 0.497. The van der Waals surface area contributed by atoms with Crippen molar-refractivity contribution in [3.05, 3.63) is 42.0 Å². The van der Waals surface area contributed by atoms with Crippen LogP contribution in [-0.4, -0.2) is 48.7 Å². The van der Waals surface area contributed by atoms with Gasteiger partial charge in [0.25, 0.3) is 5.91 Å². The number of rotatable bonds is 6. The number of aldehydes is 1. The predicted molar refractivity (Wildman–Crippen MR) is 102 cm³/mol. The number of carbonyl (C=O) groups is 2. The second kappa shape index (κ2) is 8.77. The van der Waals surface area contributed by atoms with E-state index in [0.29, 0.717) is 36.7 Å². The molecule has 0 radical (unpaired) electrons. The summed E-state index contributed by atoms with van der Waals surface area (Å²) in [6, 6.07) is 9.29. The van der Waals surface area contributed by atoms with Crippen LogP contribution in [0.2, 0.25) is 0 Å². The lowest BCUT2D eigenvalue weighted by Crippen LogP contribution is -2.33. The smallest absolute Gasteiger partial charge is 0.489 e. The van der Waals surface area contributed by atoms with E-state index in [1.807, 2.05) is 0 Å². The summed E-state index contributed by atoms with van der Waals surface area (Å²) >= 11 is 0. The molecular formula is C19H20BNO7. The van der Waals surface area contributed by atoms with E-state index < -0.39 is 19.1 Å². The number of benzene rings is 2. The van der Waals surface area contributed by atoms with Gasteiger partial charge in [0.05, 0.1) is 13.2 Å². The van der Waals surface area contributed by atoms with Crippen molar-refractivity contribution in [1.82, 2.24) is 0 Å². The molecule has 2 aromatic rings. The lowest BCUT2D eigenvalue weighted by molar-refractivity contribution is -0.122. The molecule has 1 unspecified atom stereocenters. The third kappa shape index (κ3) is 4.62. The van der Waals surface area contributed by atoms with Gasteiger partial charge in [0.2, 0.25) is 0 Å². The molecule has 28 heavy (non-hydrogen) atoms. The fourth-order valence-electron chi connectivity index (χ4n) is 2.71. The summed E-state index contributed by atoms with van der Waals surface area (Å²) in [5, 5.41) is 21.2. The first-order valence-electron chi connectivity index (χ1n) is 8.80. The maximum atomic E-state index is 12.4. The highest BCUT2D eigenvalue weighted by Crippen LogP contribution is 2.32. The largest absolute Gasteiger partial charge is 0.490 e. The van der Waals surface area contributed by atoms with Crippen LogP contribution in [0.4, 0.5) is 5.69 Å². The van der Waals surface area contributed by atoms with Crippen molar-refractivity contribution in [2.75, 3.05) is 18.5 Å². The van der Waals surface area contributed by atoms with Crippen molar-refractivity contribution in [2.24, 2.45) is 0 Å². The monoisotopic (exact) mass is 385 g/mol. The second-order valence-corrected chi connectivity index (χ2v) is 6.24. The Labute approximate surface area is 162 Å². The Hall–Kier alpha value is -3.04. The zero-order valence-corrected chi connectivity index (χ0v) is 15.3. The van der Waals surface area contributed by atoms with E-state index in [0.717, 1.165) is 6.42 Å². The van der Waals surface area contributed by atoms with Crippen molar-refractivity contribution in [3.63, 3.8) is 0 Å². The summed E-state index contributed by atoms with van der Waals surface area (Å²) in [6.45, 7) is 2.69. The number of hydrogen-bond acceptors (Lipinski definition) is 7. The molecule has 0 aliphatic carbocycles. The van der Waals surface area contributed by atoms with Crippen molar-refractivity contribution in [2.45, 2.75) is 19.4 Å². The van der Waals surface area contributed by atoms with Gasteiger partial charge in [-0.3, -0.25) is 9.59 Å². The van der Waals surface area contributed by atoms with Crippen LogP contribution in [0.15, 0.2) is 36.4 Å². The molecule has 3 rings (SSSR count). The number of fused-ring (bicyclic) bond motifs is 1. The summed E-state index contributed by atoms with van der Waals surface area (Å²) in [5.41, 5.74) is 0.673. The lowest BCUT2D eigenvalue weighted by atomic mass is 9.77. The Kier molecular flexibility index (Phi) is 6.18. The van der Waals surface area contributed by atoms with Gasteiger partial charge in [-0.25, -0.2) is 0 Å². The molecule has 0 aromatic heterocycles. The fourth-order valence-corrected chi connectivity index (χ4v) is 2.71. The lowest BCUT2D eigenvalue weighted by Gasteiger charge is -2.16. The molecular weight excluding hydrogens is 365 g/mol. The Morgan fingerprint density at radius 2 is 1.93 bits per heavy atom. The second-order valence-electron chi connectivity index (χ2n) is 6.24. The Bertz CT molecular complexity index is 871. The molecule has 1 heterocycles. The van der Waals surface area contributed by atoms with Crippen LogP contribution in [0.1, 0.15) is 23.7 Å². The Morgan fingerprint density at radius 1 is 1.18 bits per heavy atom. The number of hydrogen-bond donors (Lipinski definition) is 3. The van der Waals surface area contributed by atoms with E-state index in [9.17, 15) is 19.6 Å². The van der Waals surface area contributed by atoms with Crippen LogP contribution in [0.3, 0.4) is 0 Å². The molecule has 1 atom stereocenters. The predicted octanol–water partition coefficient (Wildman–Crippen LogP) is 0.746. The average molecular weight is 385 g/mol. The van der Waals surface area contributed by atoms with Crippen molar-refractivity contribution >= 4 is 30.5 Å². The SMILES string of the molecule is CC(Oc1ccc(B(O)O)c(C=O)c1)C(=O)Nc1ccc2c(c1)OCCCO2. The molecule has 0 bridgehead atoms. The molecule has 9 heteroatoms. The van der Waals surface area contributed by atoms with Crippen molar-refractivity contribution < 1.29 is 33.8 Å². The van der Waals surface area contributed by atoms with Crippen LogP contribution < -0.4 is 25.0 Å². The van der Waals surface area contributed by atoms with E-state index in [1.54, 1.807) is 25.1 Å². The van der Waals surface area contributed by atoms with Crippen LogP contribution in [0.25, 0.3) is 0 Å². The number of anilines is 1. The summed E-state index contributed by atoms with van der Waals surface area (Å²) in [5.74, 6) is 1.06. The van der Waals surface area contributed by atoms with Gasteiger partial charge in [-0.05, 0) is 36.7 Å². The van der Waals surface area contributed by atoms with E-state index >= 15 is 0 Å². The van der Waals surface area contributed by atoms with Gasteiger partial charge in [0, 0.05) is 23.7 Å². The van der Waals surface area contributed by atoms with Gasteiger partial charge < -0.3 is 29.6 Å². The normalized spacial score (nSPS) is 13.8. The van der Waals surface area contributed by atoms with E-state index in [2.05, 4.69) is 5.32 Å². The fraction of sp³-hybridized carbons (Fsp3) is 0.263. The minimum absolute atomic E-state index is 0.0617. The van der Waals surface area contributed by atoms with Crippen LogP contribution in [-0.2, 0) is 4.79 Å². The standard InChI is InChI=1S/C19H20BNO7/c1-12(28-15-4-5-16(20(24)25)13(9-15)11-22)19(23)21-14-3-6-17-18(10-14)27-8-2-7-26-17/h3-6,9-12,24-25H,2,7-8H2,1H3,(H,21,23). The molecule has 2 aromatic carbocycles. The Morgan fingerprint density at radius 3 is 2.64 bits per heavy atom. The number of amides is 1. The highest BCUT2D eigenvalue weighted by molar-refractivity contribution is 6.60. The van der Waals surface area contributed by atoms with E-state index in [-0.39, 0.29) is 16.8 Å². The minimum Gasteiger partial charge on any atom is -0.490 e. The van der Waals surface area contributed by atoms with Gasteiger partial charge >= 0.3 is 7.12 Å². The highest BCUT2D eigenvalue weighted by Gasteiger charge is 2.20. The molecule has 0 saturated carbocycles. The maximum Gasteiger partial charge on any atom is 0.489 e. The average Bonchev–Trinajstić information content (AvgIpc) is 2.92. The van der Waals surface area contributed by atoms with Crippen LogP contribution in [0.5, 0.6) is 17.2 Å². The topological polar surface area (TPSA) is 114 Å². The Balaban J connectivity index is 1.66. The number of nitrogens with one attached hydrogen (secondary N) is 1. The molecule has 146 valence electrons.